The molecule has 1 N–H and O–H groups in total. The Morgan fingerprint density at radius 1 is 1.30 bits per heavy atom. The molecule has 6 heteroatoms. The van der Waals surface area contributed by atoms with Crippen molar-refractivity contribution in [1.82, 2.24) is 9.88 Å². The average Bonchev–Trinajstić information content (AvgIpc) is 2.78. The van der Waals surface area contributed by atoms with E-state index in [-0.39, 0.29) is 13.0 Å². The van der Waals surface area contributed by atoms with Gasteiger partial charge in [0.2, 0.25) is 5.91 Å². The number of aromatic nitrogens is 1. The van der Waals surface area contributed by atoms with Crippen molar-refractivity contribution in [3.8, 4) is 0 Å². The number of halogens is 3. The fourth-order valence-electron chi connectivity index (χ4n) is 2.15. The Morgan fingerprint density at radius 2 is 2.00 bits per heavy atom. The molecule has 3 nitrogen and oxygen atoms in total. The molecule has 1 heterocycles. The van der Waals surface area contributed by atoms with E-state index in [2.05, 4.69) is 4.98 Å². The number of benzene rings is 1. The van der Waals surface area contributed by atoms with Crippen LogP contribution in [-0.2, 0) is 11.2 Å². The zero-order valence-electron chi connectivity index (χ0n) is 11.0. The first-order valence-corrected chi connectivity index (χ1v) is 6.30. The molecule has 0 aliphatic carbocycles. The zero-order chi connectivity index (χ0) is 14.8. The van der Waals surface area contributed by atoms with Gasteiger partial charge in [0, 0.05) is 23.6 Å². The van der Waals surface area contributed by atoms with Gasteiger partial charge in [0.15, 0.2) is 0 Å². The Balaban J connectivity index is 2.14. The lowest BCUT2D eigenvalue weighted by Gasteiger charge is -2.22. The summed E-state index contributed by atoms with van der Waals surface area (Å²) in [7, 11) is 0. The molecule has 2 rings (SSSR count). The molecule has 0 aliphatic rings. The van der Waals surface area contributed by atoms with Crippen molar-refractivity contribution in [3.05, 3.63) is 36.0 Å². The van der Waals surface area contributed by atoms with Crippen LogP contribution in [0.15, 0.2) is 30.5 Å². The van der Waals surface area contributed by atoms with E-state index >= 15 is 0 Å². The van der Waals surface area contributed by atoms with Crippen molar-refractivity contribution in [3.63, 3.8) is 0 Å². The van der Waals surface area contributed by atoms with Crippen LogP contribution in [0.3, 0.4) is 0 Å². The van der Waals surface area contributed by atoms with Crippen LogP contribution >= 0.6 is 0 Å². The molecular formula is C14H15F3N2O. The van der Waals surface area contributed by atoms with Crippen LogP contribution in [0.2, 0.25) is 0 Å². The highest BCUT2D eigenvalue weighted by atomic mass is 19.4. The van der Waals surface area contributed by atoms with E-state index < -0.39 is 18.6 Å². The summed E-state index contributed by atoms with van der Waals surface area (Å²) >= 11 is 0. The van der Waals surface area contributed by atoms with Gasteiger partial charge < -0.3 is 9.88 Å². The van der Waals surface area contributed by atoms with Gasteiger partial charge in [-0.3, -0.25) is 4.79 Å². The molecule has 2 aromatic rings. The fourth-order valence-corrected chi connectivity index (χ4v) is 2.15. The van der Waals surface area contributed by atoms with Crippen molar-refractivity contribution in [1.29, 1.82) is 0 Å². The van der Waals surface area contributed by atoms with Crippen molar-refractivity contribution < 1.29 is 18.0 Å². The number of amides is 1. The zero-order valence-corrected chi connectivity index (χ0v) is 11.0. The maximum absolute atomic E-state index is 12.4. The van der Waals surface area contributed by atoms with Gasteiger partial charge >= 0.3 is 6.18 Å². The molecule has 0 bridgehead atoms. The minimum atomic E-state index is -4.37. The highest BCUT2D eigenvalue weighted by molar-refractivity contribution is 5.88. The first kappa shape index (κ1) is 14.4. The summed E-state index contributed by atoms with van der Waals surface area (Å²) in [5.41, 5.74) is 1.58. The number of fused-ring (bicyclic) bond motifs is 1. The van der Waals surface area contributed by atoms with Gasteiger partial charge in [-0.25, -0.2) is 0 Å². The quantitative estimate of drug-likeness (QED) is 0.920. The van der Waals surface area contributed by atoms with Crippen LogP contribution in [0.5, 0.6) is 0 Å². The number of alkyl halides is 3. The molecule has 108 valence electrons. The van der Waals surface area contributed by atoms with E-state index in [1.54, 1.807) is 13.1 Å². The number of carbonyl (C=O) groups is 1. The standard InChI is InChI=1S/C14H15F3N2O/c1-2-19(9-14(15,16)17)13(20)7-10-8-18-12-6-4-3-5-11(10)12/h3-6,8,18H,2,7,9H2,1H3. The number of nitrogens with zero attached hydrogens (tertiary/aromatic N) is 1. The van der Waals surface area contributed by atoms with Crippen molar-refractivity contribution in [2.45, 2.75) is 19.5 Å². The Labute approximate surface area is 114 Å². The second kappa shape index (κ2) is 5.56. The Morgan fingerprint density at radius 3 is 2.65 bits per heavy atom. The molecule has 0 aliphatic heterocycles. The van der Waals surface area contributed by atoms with E-state index in [1.165, 1.54) is 0 Å². The number of carbonyl (C=O) groups excluding carboxylic acids is 1. The summed E-state index contributed by atoms with van der Waals surface area (Å²) < 4.78 is 37.2. The predicted octanol–water partition coefficient (Wildman–Crippen LogP) is 3.12. The lowest BCUT2D eigenvalue weighted by atomic mass is 10.1. The van der Waals surface area contributed by atoms with E-state index in [4.69, 9.17) is 0 Å². The topological polar surface area (TPSA) is 36.1 Å². The van der Waals surface area contributed by atoms with Gasteiger partial charge in [0.05, 0.1) is 6.42 Å². The summed E-state index contributed by atoms with van der Waals surface area (Å²) in [6.45, 7) is 0.379. The molecule has 0 radical (unpaired) electrons. The van der Waals surface area contributed by atoms with Crippen LogP contribution < -0.4 is 0 Å². The number of hydrogen-bond donors (Lipinski definition) is 1. The van der Waals surface area contributed by atoms with E-state index in [0.717, 1.165) is 15.8 Å². The summed E-state index contributed by atoms with van der Waals surface area (Å²) in [4.78, 5) is 15.8. The van der Waals surface area contributed by atoms with E-state index in [0.29, 0.717) is 5.56 Å². The molecule has 0 spiro atoms. The molecular weight excluding hydrogens is 269 g/mol. The summed E-state index contributed by atoms with van der Waals surface area (Å²) in [5.74, 6) is -0.519. The lowest BCUT2D eigenvalue weighted by molar-refractivity contribution is -0.160. The van der Waals surface area contributed by atoms with Crippen LogP contribution in [0, 0.1) is 0 Å². The largest absolute Gasteiger partial charge is 0.406 e. The average molecular weight is 284 g/mol. The summed E-state index contributed by atoms with van der Waals surface area (Å²) in [5, 5.41) is 0.865. The molecule has 0 saturated heterocycles. The van der Waals surface area contributed by atoms with Gasteiger partial charge in [-0.15, -0.1) is 0 Å². The van der Waals surface area contributed by atoms with Gasteiger partial charge in [0.1, 0.15) is 6.54 Å². The SMILES string of the molecule is CCN(CC(F)(F)F)C(=O)Cc1c[nH]c2ccccc12. The maximum Gasteiger partial charge on any atom is 0.406 e. The van der Waals surface area contributed by atoms with Gasteiger partial charge in [-0.2, -0.15) is 13.2 Å². The van der Waals surface area contributed by atoms with E-state index in [1.807, 2.05) is 24.3 Å². The molecule has 0 atom stereocenters. The van der Waals surface area contributed by atoms with Crippen molar-refractivity contribution in [2.24, 2.45) is 0 Å². The third-order valence-corrected chi connectivity index (χ3v) is 3.12. The molecule has 1 amide bonds. The predicted molar refractivity (Wildman–Crippen MR) is 70.3 cm³/mol. The Bertz CT molecular complexity index is 604. The summed E-state index contributed by atoms with van der Waals surface area (Å²) in [6, 6.07) is 7.38. The first-order valence-electron chi connectivity index (χ1n) is 6.30. The van der Waals surface area contributed by atoms with Crippen LogP contribution in [0.1, 0.15) is 12.5 Å². The number of H-pyrrole nitrogens is 1. The highest BCUT2D eigenvalue weighted by Gasteiger charge is 2.32. The van der Waals surface area contributed by atoms with Crippen LogP contribution in [-0.4, -0.2) is 35.1 Å². The number of para-hydroxylation sites is 1. The molecule has 0 fully saturated rings. The minimum absolute atomic E-state index is 0.0338. The van der Waals surface area contributed by atoms with Gasteiger partial charge in [-0.05, 0) is 18.6 Å². The molecule has 1 aromatic heterocycles. The fraction of sp³-hybridized carbons (Fsp3) is 0.357. The molecule has 0 saturated carbocycles. The lowest BCUT2D eigenvalue weighted by Crippen LogP contribution is -2.39. The molecule has 20 heavy (non-hydrogen) atoms. The van der Waals surface area contributed by atoms with Gasteiger partial charge in [-0.1, -0.05) is 18.2 Å². The molecule has 0 unspecified atom stereocenters. The second-order valence-corrected chi connectivity index (χ2v) is 4.56. The second-order valence-electron chi connectivity index (χ2n) is 4.56. The monoisotopic (exact) mass is 284 g/mol. The smallest absolute Gasteiger partial charge is 0.361 e. The maximum atomic E-state index is 12.4. The third-order valence-electron chi connectivity index (χ3n) is 3.12. The third kappa shape index (κ3) is 3.31. The highest BCUT2D eigenvalue weighted by Crippen LogP contribution is 2.20. The number of likely N-dealkylation sites (N-methyl/N-ethyl adjacent to an activating group) is 1. The number of hydrogen-bond acceptors (Lipinski definition) is 1. The first-order chi connectivity index (χ1) is 9.40. The Hall–Kier alpha value is -1.98. The van der Waals surface area contributed by atoms with Crippen molar-refractivity contribution in [2.75, 3.05) is 13.1 Å². The minimum Gasteiger partial charge on any atom is -0.361 e. The van der Waals surface area contributed by atoms with Crippen LogP contribution in [0.4, 0.5) is 13.2 Å². The number of nitrogens with one attached hydrogen (secondary N) is 1. The number of aromatic amines is 1. The summed E-state index contributed by atoms with van der Waals surface area (Å²) in [6.07, 6.45) is -2.73. The normalized spacial score (nSPS) is 11.8. The van der Waals surface area contributed by atoms with Gasteiger partial charge in [0.25, 0.3) is 0 Å². The van der Waals surface area contributed by atoms with Crippen molar-refractivity contribution >= 4 is 16.8 Å². The Kier molecular flexibility index (Phi) is 4.01. The van der Waals surface area contributed by atoms with Crippen LogP contribution in [0.25, 0.3) is 10.9 Å². The number of rotatable bonds is 4. The molecule has 1 aromatic carbocycles. The van der Waals surface area contributed by atoms with E-state index in [9.17, 15) is 18.0 Å².